The van der Waals surface area contributed by atoms with Crippen LogP contribution in [0.3, 0.4) is 0 Å². The van der Waals surface area contributed by atoms with Crippen molar-refractivity contribution in [1.82, 2.24) is 9.88 Å². The van der Waals surface area contributed by atoms with Gasteiger partial charge < -0.3 is 4.90 Å². The van der Waals surface area contributed by atoms with Gasteiger partial charge in [-0.05, 0) is 75.9 Å². The number of aryl methyl sites for hydroxylation is 1. The summed E-state index contributed by atoms with van der Waals surface area (Å²) in [4.78, 5) is 6.71. The third-order valence-electron chi connectivity index (χ3n) is 4.09. The first kappa shape index (κ1) is 12.6. The minimum absolute atomic E-state index is 0.797. The van der Waals surface area contributed by atoms with Gasteiger partial charge in [0.05, 0.1) is 0 Å². The zero-order valence-electron chi connectivity index (χ0n) is 11.3. The van der Waals surface area contributed by atoms with Crippen LogP contribution in [0.4, 0.5) is 0 Å². The summed E-state index contributed by atoms with van der Waals surface area (Å²) in [5, 5.41) is 0. The Morgan fingerprint density at radius 1 is 1.41 bits per heavy atom. The smallest absolute Gasteiger partial charge is 0.0375 e. The summed E-state index contributed by atoms with van der Waals surface area (Å²) in [6.07, 6.45) is 5.87. The summed E-state index contributed by atoms with van der Waals surface area (Å²) in [6.45, 7) is 7.02. The fourth-order valence-corrected chi connectivity index (χ4v) is 2.87. The molecule has 1 aromatic heterocycles. The molecule has 1 atom stereocenters. The van der Waals surface area contributed by atoms with E-state index in [0.29, 0.717) is 0 Å². The molecule has 0 bridgehead atoms. The quantitative estimate of drug-likeness (QED) is 0.796. The Bertz CT molecular complexity index is 354. The summed E-state index contributed by atoms with van der Waals surface area (Å²) >= 11 is 0. The van der Waals surface area contributed by atoms with Gasteiger partial charge in [-0.25, -0.2) is 0 Å². The third-order valence-corrected chi connectivity index (χ3v) is 4.09. The number of likely N-dealkylation sites (tertiary alicyclic amines) is 1. The van der Waals surface area contributed by atoms with Crippen LogP contribution in [-0.4, -0.2) is 30.0 Å². The van der Waals surface area contributed by atoms with Gasteiger partial charge in [-0.3, -0.25) is 4.98 Å². The Kier molecular flexibility index (Phi) is 4.16. The van der Waals surface area contributed by atoms with Crippen molar-refractivity contribution in [2.75, 3.05) is 20.1 Å². The molecule has 17 heavy (non-hydrogen) atoms. The second-order valence-corrected chi connectivity index (χ2v) is 5.63. The molecule has 1 saturated heterocycles. The number of piperidine rings is 1. The zero-order chi connectivity index (χ0) is 12.3. The van der Waals surface area contributed by atoms with E-state index in [1.165, 1.54) is 37.9 Å². The minimum Gasteiger partial charge on any atom is -0.306 e. The molecule has 2 heteroatoms. The Morgan fingerprint density at radius 2 is 2.12 bits per heavy atom. The van der Waals surface area contributed by atoms with Crippen molar-refractivity contribution in [3.8, 4) is 0 Å². The lowest BCUT2D eigenvalue weighted by atomic mass is 9.82. The van der Waals surface area contributed by atoms with E-state index in [9.17, 15) is 0 Å². The first-order chi connectivity index (χ1) is 8.15. The van der Waals surface area contributed by atoms with Gasteiger partial charge >= 0.3 is 0 Å². The van der Waals surface area contributed by atoms with Gasteiger partial charge in [-0.15, -0.1) is 0 Å². The van der Waals surface area contributed by atoms with Crippen LogP contribution in [0.15, 0.2) is 18.3 Å². The molecule has 1 fully saturated rings. The maximum Gasteiger partial charge on any atom is 0.0375 e. The number of pyridine rings is 1. The van der Waals surface area contributed by atoms with Crippen molar-refractivity contribution in [1.29, 1.82) is 0 Å². The lowest BCUT2D eigenvalue weighted by Gasteiger charge is -2.32. The highest BCUT2D eigenvalue weighted by molar-refractivity contribution is 5.16. The molecule has 0 amide bonds. The number of hydrogen-bond acceptors (Lipinski definition) is 2. The third kappa shape index (κ3) is 3.53. The molecule has 0 aliphatic carbocycles. The largest absolute Gasteiger partial charge is 0.306 e. The van der Waals surface area contributed by atoms with Crippen LogP contribution in [0.25, 0.3) is 0 Å². The van der Waals surface area contributed by atoms with Crippen LogP contribution in [0.5, 0.6) is 0 Å². The molecule has 0 saturated carbocycles. The number of nitrogens with zero attached hydrogens (tertiary/aromatic N) is 2. The SMILES string of the molecule is Cc1cc(CC(C)C2CCN(C)CC2)ccn1. The fraction of sp³-hybridized carbons (Fsp3) is 0.667. The second kappa shape index (κ2) is 5.63. The van der Waals surface area contributed by atoms with Crippen LogP contribution >= 0.6 is 0 Å². The molecule has 94 valence electrons. The lowest BCUT2D eigenvalue weighted by Crippen LogP contribution is -2.33. The summed E-state index contributed by atoms with van der Waals surface area (Å²) in [5.74, 6) is 1.70. The molecular formula is C15H24N2. The average Bonchev–Trinajstić information content (AvgIpc) is 2.29. The van der Waals surface area contributed by atoms with E-state index >= 15 is 0 Å². The molecule has 0 aromatic carbocycles. The zero-order valence-corrected chi connectivity index (χ0v) is 11.3. The van der Waals surface area contributed by atoms with Crippen molar-refractivity contribution >= 4 is 0 Å². The molecule has 1 aliphatic rings. The van der Waals surface area contributed by atoms with E-state index in [1.807, 2.05) is 6.20 Å². The van der Waals surface area contributed by atoms with Gasteiger partial charge in [0.25, 0.3) is 0 Å². The van der Waals surface area contributed by atoms with E-state index < -0.39 is 0 Å². The fourth-order valence-electron chi connectivity index (χ4n) is 2.87. The summed E-state index contributed by atoms with van der Waals surface area (Å²) in [7, 11) is 2.23. The molecular weight excluding hydrogens is 208 g/mol. The Balaban J connectivity index is 1.90. The van der Waals surface area contributed by atoms with Crippen molar-refractivity contribution in [3.05, 3.63) is 29.6 Å². The predicted octanol–water partition coefficient (Wildman–Crippen LogP) is 2.91. The van der Waals surface area contributed by atoms with Gasteiger partial charge in [0.1, 0.15) is 0 Å². The Hall–Kier alpha value is -0.890. The second-order valence-electron chi connectivity index (χ2n) is 5.63. The van der Waals surface area contributed by atoms with Crippen molar-refractivity contribution in [2.45, 2.75) is 33.1 Å². The Morgan fingerprint density at radius 3 is 2.76 bits per heavy atom. The molecule has 0 N–H and O–H groups in total. The maximum absolute atomic E-state index is 4.26. The Labute approximate surface area is 105 Å². The molecule has 2 rings (SSSR count). The number of rotatable bonds is 3. The number of aromatic nitrogens is 1. The molecule has 2 heterocycles. The molecule has 0 radical (unpaired) electrons. The van der Waals surface area contributed by atoms with Crippen LogP contribution in [-0.2, 0) is 6.42 Å². The van der Waals surface area contributed by atoms with E-state index in [0.717, 1.165) is 17.5 Å². The van der Waals surface area contributed by atoms with Crippen LogP contribution < -0.4 is 0 Å². The highest BCUT2D eigenvalue weighted by Gasteiger charge is 2.22. The van der Waals surface area contributed by atoms with Gasteiger partial charge in [0.2, 0.25) is 0 Å². The first-order valence-corrected chi connectivity index (χ1v) is 6.75. The first-order valence-electron chi connectivity index (χ1n) is 6.75. The molecule has 0 spiro atoms. The van der Waals surface area contributed by atoms with Crippen molar-refractivity contribution in [2.24, 2.45) is 11.8 Å². The van der Waals surface area contributed by atoms with Gasteiger partial charge in [-0.2, -0.15) is 0 Å². The van der Waals surface area contributed by atoms with E-state index in [1.54, 1.807) is 0 Å². The van der Waals surface area contributed by atoms with E-state index in [2.05, 4.69) is 42.9 Å². The van der Waals surface area contributed by atoms with E-state index in [-0.39, 0.29) is 0 Å². The number of hydrogen-bond donors (Lipinski definition) is 0. The predicted molar refractivity (Wildman–Crippen MR) is 72.1 cm³/mol. The van der Waals surface area contributed by atoms with Gasteiger partial charge in [0, 0.05) is 11.9 Å². The lowest BCUT2D eigenvalue weighted by molar-refractivity contribution is 0.177. The molecule has 1 aromatic rings. The van der Waals surface area contributed by atoms with Crippen molar-refractivity contribution in [3.63, 3.8) is 0 Å². The summed E-state index contributed by atoms with van der Waals surface area (Å²) in [5.41, 5.74) is 2.59. The summed E-state index contributed by atoms with van der Waals surface area (Å²) in [6, 6.07) is 4.39. The molecule has 2 nitrogen and oxygen atoms in total. The molecule has 1 unspecified atom stereocenters. The van der Waals surface area contributed by atoms with Crippen LogP contribution in [0, 0.1) is 18.8 Å². The van der Waals surface area contributed by atoms with Gasteiger partial charge in [0.15, 0.2) is 0 Å². The van der Waals surface area contributed by atoms with Crippen molar-refractivity contribution < 1.29 is 0 Å². The highest BCUT2D eigenvalue weighted by atomic mass is 15.1. The minimum atomic E-state index is 0.797. The topological polar surface area (TPSA) is 16.1 Å². The van der Waals surface area contributed by atoms with E-state index in [4.69, 9.17) is 0 Å². The monoisotopic (exact) mass is 232 g/mol. The highest BCUT2D eigenvalue weighted by Crippen LogP contribution is 2.26. The summed E-state index contributed by atoms with van der Waals surface area (Å²) < 4.78 is 0. The van der Waals surface area contributed by atoms with Crippen LogP contribution in [0.2, 0.25) is 0 Å². The van der Waals surface area contributed by atoms with Crippen LogP contribution in [0.1, 0.15) is 31.0 Å². The normalized spacial score (nSPS) is 20.4. The van der Waals surface area contributed by atoms with Gasteiger partial charge in [-0.1, -0.05) is 6.92 Å². The molecule has 1 aliphatic heterocycles. The standard InChI is InChI=1S/C15H24N2/c1-12(15-5-8-17(3)9-6-15)10-14-4-7-16-13(2)11-14/h4,7,11-12,15H,5-6,8-10H2,1-3H3. The average molecular weight is 232 g/mol. The maximum atomic E-state index is 4.26.